The monoisotopic (exact) mass is 356 g/mol. The van der Waals surface area contributed by atoms with Gasteiger partial charge in [0.2, 0.25) is 5.91 Å². The van der Waals surface area contributed by atoms with Gasteiger partial charge in [0.05, 0.1) is 10.5 Å². The minimum Gasteiger partial charge on any atom is -0.357 e. The summed E-state index contributed by atoms with van der Waals surface area (Å²) in [4.78, 5) is 22.4. The highest BCUT2D eigenvalue weighted by atomic mass is 35.5. The Labute approximate surface area is 151 Å². The fraction of sp³-hybridized carbons (Fsp3) is 0.368. The first-order valence-corrected chi connectivity index (χ1v) is 9.11. The van der Waals surface area contributed by atoms with Crippen LogP contribution in [-0.2, 0) is 30.7 Å². The highest BCUT2D eigenvalue weighted by molar-refractivity contribution is 6.35. The molecule has 1 aliphatic rings. The zero-order valence-corrected chi connectivity index (χ0v) is 15.0. The van der Waals surface area contributed by atoms with Gasteiger partial charge in [-0.1, -0.05) is 30.7 Å². The second kappa shape index (κ2) is 6.56. The highest BCUT2D eigenvalue weighted by Crippen LogP contribution is 2.31. The van der Waals surface area contributed by atoms with E-state index in [4.69, 9.17) is 11.6 Å². The van der Waals surface area contributed by atoms with E-state index in [0.29, 0.717) is 19.5 Å². The van der Waals surface area contributed by atoms with Crippen molar-refractivity contribution in [1.29, 1.82) is 0 Å². The van der Waals surface area contributed by atoms with Crippen molar-refractivity contribution in [3.05, 3.63) is 52.7 Å². The number of aryl methyl sites for hydroxylation is 2. The fourth-order valence-corrected chi connectivity index (χ4v) is 3.87. The van der Waals surface area contributed by atoms with Gasteiger partial charge in [0, 0.05) is 67.9 Å². The number of imidazole rings is 1. The Balaban J connectivity index is 1.49. The van der Waals surface area contributed by atoms with E-state index in [1.807, 2.05) is 23.2 Å². The molecule has 3 aromatic rings. The molecule has 0 bridgehead atoms. The molecule has 0 saturated heterocycles. The summed E-state index contributed by atoms with van der Waals surface area (Å²) in [7, 11) is 0. The average molecular weight is 357 g/mol. The molecule has 0 radical (unpaired) electrons. The Bertz CT molecular complexity index is 927. The van der Waals surface area contributed by atoms with E-state index in [2.05, 4.69) is 27.5 Å². The molecule has 1 aliphatic heterocycles. The second-order valence-electron chi connectivity index (χ2n) is 6.45. The number of carbonyl (C=O) groups excluding carboxylic acids is 1. The van der Waals surface area contributed by atoms with E-state index >= 15 is 0 Å². The van der Waals surface area contributed by atoms with Crippen LogP contribution in [-0.4, -0.2) is 31.9 Å². The number of benzene rings is 1. The van der Waals surface area contributed by atoms with E-state index in [1.165, 1.54) is 11.3 Å². The van der Waals surface area contributed by atoms with Gasteiger partial charge < -0.3 is 14.5 Å². The van der Waals surface area contributed by atoms with Gasteiger partial charge in [0.25, 0.3) is 0 Å². The minimum atomic E-state index is 0.192. The Morgan fingerprint density at radius 2 is 2.28 bits per heavy atom. The van der Waals surface area contributed by atoms with Crippen molar-refractivity contribution in [2.24, 2.45) is 0 Å². The lowest BCUT2D eigenvalue weighted by atomic mass is 10.0. The van der Waals surface area contributed by atoms with Gasteiger partial charge >= 0.3 is 0 Å². The molecule has 1 aromatic carbocycles. The standard InChI is InChI=1S/C19H21ClN4O/c1-2-17-21-8-11-23(17)10-7-18(25)24-9-6-16-14(12-24)13-4-3-5-15(20)19(13)22-16/h3-5,8,11,22H,2,6-7,9-10,12H2,1H3. The molecule has 3 heterocycles. The van der Waals surface area contributed by atoms with Gasteiger partial charge in [0.15, 0.2) is 0 Å². The molecular weight excluding hydrogens is 336 g/mol. The summed E-state index contributed by atoms with van der Waals surface area (Å²) < 4.78 is 2.07. The van der Waals surface area contributed by atoms with Crippen LogP contribution in [0.2, 0.25) is 5.02 Å². The molecule has 130 valence electrons. The van der Waals surface area contributed by atoms with Crippen LogP contribution < -0.4 is 0 Å². The van der Waals surface area contributed by atoms with Gasteiger partial charge in [-0.25, -0.2) is 4.98 Å². The van der Waals surface area contributed by atoms with Crippen molar-refractivity contribution in [2.45, 2.75) is 39.3 Å². The molecule has 0 spiro atoms. The lowest BCUT2D eigenvalue weighted by molar-refractivity contribution is -0.132. The highest BCUT2D eigenvalue weighted by Gasteiger charge is 2.24. The Morgan fingerprint density at radius 3 is 3.12 bits per heavy atom. The number of rotatable bonds is 4. The van der Waals surface area contributed by atoms with Gasteiger partial charge in [-0.2, -0.15) is 0 Å². The van der Waals surface area contributed by atoms with Crippen molar-refractivity contribution in [3.8, 4) is 0 Å². The third-order valence-corrected chi connectivity index (χ3v) is 5.31. The minimum absolute atomic E-state index is 0.192. The molecular formula is C19H21ClN4O. The molecule has 5 nitrogen and oxygen atoms in total. The number of aromatic amines is 1. The number of carbonyl (C=O) groups is 1. The summed E-state index contributed by atoms with van der Waals surface area (Å²) in [6.45, 7) is 4.17. The molecule has 0 unspecified atom stereocenters. The molecule has 0 aliphatic carbocycles. The first-order valence-electron chi connectivity index (χ1n) is 8.73. The van der Waals surface area contributed by atoms with E-state index in [0.717, 1.165) is 41.1 Å². The van der Waals surface area contributed by atoms with Crippen LogP contribution in [0.15, 0.2) is 30.6 Å². The predicted octanol–water partition coefficient (Wildman–Crippen LogP) is 3.56. The first-order chi connectivity index (χ1) is 12.2. The average Bonchev–Trinajstić information content (AvgIpc) is 3.24. The fourth-order valence-electron chi connectivity index (χ4n) is 3.65. The number of fused-ring (bicyclic) bond motifs is 3. The number of hydrogen-bond donors (Lipinski definition) is 1. The number of nitrogens with zero attached hydrogens (tertiary/aromatic N) is 3. The van der Waals surface area contributed by atoms with Crippen LogP contribution >= 0.6 is 11.6 Å². The van der Waals surface area contributed by atoms with Crippen LogP contribution in [0, 0.1) is 0 Å². The Morgan fingerprint density at radius 1 is 1.40 bits per heavy atom. The van der Waals surface area contributed by atoms with Crippen molar-refractivity contribution in [3.63, 3.8) is 0 Å². The van der Waals surface area contributed by atoms with Gasteiger partial charge in [-0.05, 0) is 6.07 Å². The first kappa shape index (κ1) is 16.2. The maximum Gasteiger partial charge on any atom is 0.224 e. The van der Waals surface area contributed by atoms with Crippen molar-refractivity contribution in [1.82, 2.24) is 19.4 Å². The largest absolute Gasteiger partial charge is 0.357 e. The lowest BCUT2D eigenvalue weighted by Gasteiger charge is -2.27. The number of hydrogen-bond acceptors (Lipinski definition) is 2. The van der Waals surface area contributed by atoms with Crippen molar-refractivity contribution in [2.75, 3.05) is 6.54 Å². The van der Waals surface area contributed by atoms with Gasteiger partial charge in [-0.15, -0.1) is 0 Å². The number of halogens is 1. The third-order valence-electron chi connectivity index (χ3n) is 5.00. The van der Waals surface area contributed by atoms with Crippen LogP contribution in [0.25, 0.3) is 10.9 Å². The van der Waals surface area contributed by atoms with Gasteiger partial charge in [-0.3, -0.25) is 4.79 Å². The predicted molar refractivity (Wildman–Crippen MR) is 98.7 cm³/mol. The number of aromatic nitrogens is 3. The molecule has 1 amide bonds. The number of nitrogens with one attached hydrogen (secondary N) is 1. The molecule has 2 aromatic heterocycles. The van der Waals surface area contributed by atoms with Crippen LogP contribution in [0.3, 0.4) is 0 Å². The quantitative estimate of drug-likeness (QED) is 0.777. The SMILES string of the molecule is CCc1nccn1CCC(=O)N1CCc2[nH]c3c(Cl)cccc3c2C1. The summed E-state index contributed by atoms with van der Waals surface area (Å²) in [5.41, 5.74) is 3.39. The second-order valence-corrected chi connectivity index (χ2v) is 6.86. The zero-order chi connectivity index (χ0) is 17.4. The zero-order valence-electron chi connectivity index (χ0n) is 14.3. The summed E-state index contributed by atoms with van der Waals surface area (Å²) in [5.74, 6) is 1.22. The van der Waals surface area contributed by atoms with E-state index < -0.39 is 0 Å². The number of H-pyrrole nitrogens is 1. The Hall–Kier alpha value is -2.27. The third kappa shape index (κ3) is 2.93. The van der Waals surface area contributed by atoms with E-state index in [-0.39, 0.29) is 5.91 Å². The molecule has 0 saturated carbocycles. The Kier molecular flexibility index (Phi) is 4.25. The summed E-state index contributed by atoms with van der Waals surface area (Å²) >= 11 is 6.29. The molecule has 0 atom stereocenters. The number of amides is 1. The maximum absolute atomic E-state index is 12.7. The van der Waals surface area contributed by atoms with E-state index in [1.54, 1.807) is 6.20 Å². The maximum atomic E-state index is 12.7. The van der Waals surface area contributed by atoms with Crippen molar-refractivity contribution >= 4 is 28.4 Å². The summed E-state index contributed by atoms with van der Waals surface area (Å²) in [6.07, 6.45) is 5.97. The smallest absolute Gasteiger partial charge is 0.224 e. The normalized spacial score (nSPS) is 14.1. The van der Waals surface area contributed by atoms with Crippen molar-refractivity contribution < 1.29 is 4.79 Å². The number of para-hydroxylation sites is 1. The summed E-state index contributed by atoms with van der Waals surface area (Å²) in [6, 6.07) is 5.93. The lowest BCUT2D eigenvalue weighted by Crippen LogP contribution is -2.36. The molecule has 25 heavy (non-hydrogen) atoms. The molecule has 6 heteroatoms. The van der Waals surface area contributed by atoms with E-state index in [9.17, 15) is 4.79 Å². The van der Waals surface area contributed by atoms with Crippen LogP contribution in [0.4, 0.5) is 0 Å². The molecule has 1 N–H and O–H groups in total. The molecule has 0 fully saturated rings. The van der Waals surface area contributed by atoms with Gasteiger partial charge in [0.1, 0.15) is 5.82 Å². The van der Waals surface area contributed by atoms with Crippen LogP contribution in [0.1, 0.15) is 30.4 Å². The summed E-state index contributed by atoms with van der Waals surface area (Å²) in [5, 5.41) is 1.86. The molecule has 4 rings (SSSR count). The topological polar surface area (TPSA) is 53.9 Å². The van der Waals surface area contributed by atoms with Crippen LogP contribution in [0.5, 0.6) is 0 Å².